The second kappa shape index (κ2) is 6.34. The van der Waals surface area contributed by atoms with Crippen LogP contribution in [0.5, 0.6) is 0 Å². The van der Waals surface area contributed by atoms with E-state index in [1.54, 1.807) is 29.8 Å². The van der Waals surface area contributed by atoms with Crippen molar-refractivity contribution in [2.24, 2.45) is 5.92 Å². The number of carbonyl (C=O) groups excluding carboxylic acids is 1. The summed E-state index contributed by atoms with van der Waals surface area (Å²) < 4.78 is 1.47. The highest BCUT2D eigenvalue weighted by Crippen LogP contribution is 2.35. The van der Waals surface area contributed by atoms with Crippen LogP contribution in [0.1, 0.15) is 29.6 Å². The van der Waals surface area contributed by atoms with Crippen LogP contribution in [0.25, 0.3) is 10.2 Å². The molecule has 8 heteroatoms. The molecule has 130 valence electrons. The molecule has 0 aromatic carbocycles. The van der Waals surface area contributed by atoms with Gasteiger partial charge in [0.05, 0.1) is 5.39 Å². The fourth-order valence-electron chi connectivity index (χ4n) is 3.30. The van der Waals surface area contributed by atoms with Crippen LogP contribution < -0.4 is 10.9 Å². The van der Waals surface area contributed by atoms with E-state index in [0.29, 0.717) is 22.3 Å². The van der Waals surface area contributed by atoms with E-state index in [0.717, 1.165) is 29.7 Å². The molecular formula is C17H18N4O2S2. The molecule has 6 nitrogen and oxygen atoms in total. The van der Waals surface area contributed by atoms with Crippen LogP contribution in [-0.4, -0.2) is 20.4 Å². The number of aromatic nitrogens is 3. The molecular weight excluding hydrogens is 356 g/mol. The van der Waals surface area contributed by atoms with Gasteiger partial charge in [-0.05, 0) is 37.7 Å². The first-order valence-electron chi connectivity index (χ1n) is 8.24. The maximum absolute atomic E-state index is 13.0. The SMILES string of the molecule is Cc1nc2sc3c(c2c(=O)n1CC(=O)Nc1nccs1)CCC(C)C3. The van der Waals surface area contributed by atoms with E-state index < -0.39 is 0 Å². The molecule has 0 saturated heterocycles. The van der Waals surface area contributed by atoms with Crippen LogP contribution in [0.2, 0.25) is 0 Å². The molecule has 3 aromatic rings. The molecule has 1 aliphatic rings. The predicted molar refractivity (Wildman–Crippen MR) is 101 cm³/mol. The summed E-state index contributed by atoms with van der Waals surface area (Å²) >= 11 is 2.98. The summed E-state index contributed by atoms with van der Waals surface area (Å²) in [5, 5.41) is 5.75. The monoisotopic (exact) mass is 374 g/mol. The summed E-state index contributed by atoms with van der Waals surface area (Å²) in [5.41, 5.74) is 1.04. The third-order valence-electron chi connectivity index (χ3n) is 4.59. The quantitative estimate of drug-likeness (QED) is 0.765. The second-order valence-electron chi connectivity index (χ2n) is 6.47. The maximum Gasteiger partial charge on any atom is 0.263 e. The lowest BCUT2D eigenvalue weighted by Crippen LogP contribution is -2.30. The Balaban J connectivity index is 1.72. The molecule has 0 spiro atoms. The number of aryl methyl sites for hydroxylation is 2. The Hall–Kier alpha value is -2.06. The lowest BCUT2D eigenvalue weighted by Gasteiger charge is -2.17. The number of hydrogen-bond donors (Lipinski definition) is 1. The van der Waals surface area contributed by atoms with Gasteiger partial charge in [0.25, 0.3) is 5.56 Å². The third kappa shape index (κ3) is 3.00. The van der Waals surface area contributed by atoms with Crippen LogP contribution in [0.4, 0.5) is 5.13 Å². The van der Waals surface area contributed by atoms with Gasteiger partial charge in [-0.1, -0.05) is 6.92 Å². The molecule has 0 bridgehead atoms. The number of hydrogen-bond acceptors (Lipinski definition) is 6. The van der Waals surface area contributed by atoms with Gasteiger partial charge in [-0.25, -0.2) is 9.97 Å². The second-order valence-corrected chi connectivity index (χ2v) is 8.45. The minimum Gasteiger partial charge on any atom is -0.300 e. The fraction of sp³-hybridized carbons (Fsp3) is 0.412. The molecule has 3 aromatic heterocycles. The van der Waals surface area contributed by atoms with Crippen molar-refractivity contribution in [2.75, 3.05) is 5.32 Å². The van der Waals surface area contributed by atoms with Crippen molar-refractivity contribution < 1.29 is 4.79 Å². The molecule has 1 aliphatic carbocycles. The molecule has 1 N–H and O–H groups in total. The highest BCUT2D eigenvalue weighted by molar-refractivity contribution is 7.18. The Labute approximate surface area is 152 Å². The van der Waals surface area contributed by atoms with Crippen molar-refractivity contribution >= 4 is 43.9 Å². The van der Waals surface area contributed by atoms with E-state index in [1.807, 2.05) is 0 Å². The summed E-state index contributed by atoms with van der Waals surface area (Å²) in [5.74, 6) is 0.949. The minimum atomic E-state index is -0.265. The largest absolute Gasteiger partial charge is 0.300 e. The highest BCUT2D eigenvalue weighted by Gasteiger charge is 2.24. The van der Waals surface area contributed by atoms with Gasteiger partial charge in [-0.15, -0.1) is 22.7 Å². The van der Waals surface area contributed by atoms with E-state index in [4.69, 9.17) is 0 Å². The van der Waals surface area contributed by atoms with Crippen molar-refractivity contribution in [3.63, 3.8) is 0 Å². The molecule has 0 radical (unpaired) electrons. The van der Waals surface area contributed by atoms with Crippen molar-refractivity contribution in [3.05, 3.63) is 38.2 Å². The molecule has 0 aliphatic heterocycles. The van der Waals surface area contributed by atoms with Crippen LogP contribution >= 0.6 is 22.7 Å². The highest BCUT2D eigenvalue weighted by atomic mass is 32.1. The molecule has 25 heavy (non-hydrogen) atoms. The number of nitrogens with one attached hydrogen (secondary N) is 1. The van der Waals surface area contributed by atoms with Crippen LogP contribution in [0.15, 0.2) is 16.4 Å². The minimum absolute atomic E-state index is 0.0474. The van der Waals surface area contributed by atoms with Gasteiger partial charge in [-0.3, -0.25) is 14.2 Å². The van der Waals surface area contributed by atoms with Crippen molar-refractivity contribution in [1.82, 2.24) is 14.5 Å². The van der Waals surface area contributed by atoms with Crippen LogP contribution in [0.3, 0.4) is 0 Å². The molecule has 0 saturated carbocycles. The van der Waals surface area contributed by atoms with Gasteiger partial charge in [0.15, 0.2) is 5.13 Å². The average Bonchev–Trinajstić information content (AvgIpc) is 3.17. The van der Waals surface area contributed by atoms with E-state index in [9.17, 15) is 9.59 Å². The average molecular weight is 374 g/mol. The zero-order valence-corrected chi connectivity index (χ0v) is 15.7. The number of nitrogens with zero attached hydrogens (tertiary/aromatic N) is 3. The molecule has 0 fully saturated rings. The van der Waals surface area contributed by atoms with Gasteiger partial charge in [0, 0.05) is 16.5 Å². The van der Waals surface area contributed by atoms with Crippen LogP contribution in [0, 0.1) is 12.8 Å². The Morgan fingerprint density at radius 1 is 1.48 bits per heavy atom. The van der Waals surface area contributed by atoms with Crippen molar-refractivity contribution in [1.29, 1.82) is 0 Å². The third-order valence-corrected chi connectivity index (χ3v) is 6.42. The first-order chi connectivity index (χ1) is 12.0. The van der Waals surface area contributed by atoms with Crippen LogP contribution in [-0.2, 0) is 24.2 Å². The van der Waals surface area contributed by atoms with Crippen molar-refractivity contribution in [3.8, 4) is 0 Å². The number of carbonyl (C=O) groups is 1. The molecule has 1 amide bonds. The number of thiazole rings is 1. The normalized spacial score (nSPS) is 16.8. The Bertz CT molecular complexity index is 1000. The topological polar surface area (TPSA) is 76.9 Å². The fourth-order valence-corrected chi connectivity index (χ4v) is 5.26. The van der Waals surface area contributed by atoms with Gasteiger partial charge in [0.1, 0.15) is 17.2 Å². The molecule has 1 unspecified atom stereocenters. The Morgan fingerprint density at radius 3 is 3.08 bits per heavy atom. The van der Waals surface area contributed by atoms with E-state index in [1.165, 1.54) is 20.8 Å². The summed E-state index contributed by atoms with van der Waals surface area (Å²) in [4.78, 5) is 36.0. The molecule has 1 atom stereocenters. The van der Waals surface area contributed by atoms with E-state index in [-0.39, 0.29) is 18.0 Å². The smallest absolute Gasteiger partial charge is 0.263 e. The number of anilines is 1. The first-order valence-corrected chi connectivity index (χ1v) is 9.93. The predicted octanol–water partition coefficient (Wildman–Crippen LogP) is 2.99. The van der Waals surface area contributed by atoms with Gasteiger partial charge < -0.3 is 5.32 Å². The lowest BCUT2D eigenvalue weighted by molar-refractivity contribution is -0.116. The first kappa shape index (κ1) is 16.4. The van der Waals surface area contributed by atoms with Gasteiger partial charge in [0.2, 0.25) is 5.91 Å². The molecule has 4 rings (SSSR count). The zero-order valence-electron chi connectivity index (χ0n) is 14.0. The Morgan fingerprint density at radius 2 is 2.32 bits per heavy atom. The van der Waals surface area contributed by atoms with E-state index in [2.05, 4.69) is 22.2 Å². The van der Waals surface area contributed by atoms with Crippen molar-refractivity contribution in [2.45, 2.75) is 39.7 Å². The number of rotatable bonds is 3. The summed E-state index contributed by atoms with van der Waals surface area (Å²) in [6.07, 6.45) is 4.65. The summed E-state index contributed by atoms with van der Waals surface area (Å²) in [7, 11) is 0. The maximum atomic E-state index is 13.0. The summed E-state index contributed by atoms with van der Waals surface area (Å²) in [6.45, 7) is 3.97. The standard InChI is InChI=1S/C17H18N4O2S2/c1-9-3-4-11-12(7-9)25-15-14(11)16(23)21(10(2)19-15)8-13(22)20-17-18-5-6-24-17/h5-6,9H,3-4,7-8H2,1-2H3,(H,18,20,22). The van der Waals surface area contributed by atoms with Gasteiger partial charge >= 0.3 is 0 Å². The molecule has 3 heterocycles. The number of amides is 1. The number of fused-ring (bicyclic) bond motifs is 3. The summed E-state index contributed by atoms with van der Waals surface area (Å²) in [6, 6.07) is 0. The zero-order chi connectivity index (χ0) is 17.6. The lowest BCUT2D eigenvalue weighted by atomic mass is 9.89. The van der Waals surface area contributed by atoms with E-state index >= 15 is 0 Å². The van der Waals surface area contributed by atoms with Gasteiger partial charge in [-0.2, -0.15) is 0 Å². The Kier molecular flexibility index (Phi) is 4.16. The number of thiophene rings is 1.